The summed E-state index contributed by atoms with van der Waals surface area (Å²) in [5, 5.41) is 3.41. The van der Waals surface area contributed by atoms with Crippen LogP contribution in [0.25, 0.3) is 0 Å². The van der Waals surface area contributed by atoms with E-state index in [1.54, 1.807) is 0 Å². The second-order valence-electron chi connectivity index (χ2n) is 4.20. The maximum absolute atomic E-state index is 3.75. The van der Waals surface area contributed by atoms with E-state index in [0.29, 0.717) is 0 Å². The summed E-state index contributed by atoms with van der Waals surface area (Å²) in [5.74, 6) is 0. The zero-order valence-electron chi connectivity index (χ0n) is 8.14. The molecule has 0 aromatic rings. The molecule has 0 radical (unpaired) electrons. The molecule has 0 spiro atoms. The highest BCUT2D eigenvalue weighted by Gasteiger charge is 2.25. The van der Waals surface area contributed by atoms with E-state index in [1.165, 1.54) is 51.9 Å². The third-order valence-corrected chi connectivity index (χ3v) is 4.08. The largest absolute Gasteiger partial charge is 0.314 e. The number of nitrogens with zero attached hydrogens (tertiary/aromatic N) is 1. The van der Waals surface area contributed by atoms with E-state index in [-0.39, 0.29) is 0 Å². The van der Waals surface area contributed by atoms with Crippen molar-refractivity contribution in [2.24, 2.45) is 0 Å². The zero-order valence-corrected chi connectivity index (χ0v) is 9.72. The normalized spacial score (nSPS) is 37.6. The van der Waals surface area contributed by atoms with Gasteiger partial charge < -0.3 is 5.32 Å². The lowest BCUT2D eigenvalue weighted by molar-refractivity contribution is 0.141. The minimum absolute atomic E-state index is 0.779. The van der Waals surface area contributed by atoms with Crippen LogP contribution in [-0.2, 0) is 0 Å². The molecule has 1 aliphatic heterocycles. The number of hydrogen-bond acceptors (Lipinski definition) is 2. The third-order valence-electron chi connectivity index (χ3n) is 3.25. The summed E-state index contributed by atoms with van der Waals surface area (Å²) >= 11 is 3.75. The molecule has 0 bridgehead atoms. The molecular formula is C10H19BrN2. The van der Waals surface area contributed by atoms with Crippen LogP contribution in [0.1, 0.15) is 25.7 Å². The highest BCUT2D eigenvalue weighted by Crippen LogP contribution is 2.27. The fourth-order valence-electron chi connectivity index (χ4n) is 2.48. The molecule has 76 valence electrons. The number of hydrogen-bond donors (Lipinski definition) is 1. The first kappa shape index (κ1) is 9.94. The molecule has 2 nitrogen and oxygen atoms in total. The first-order valence-corrected chi connectivity index (χ1v) is 6.36. The van der Waals surface area contributed by atoms with Crippen molar-refractivity contribution in [1.29, 1.82) is 0 Å². The second-order valence-corrected chi connectivity index (χ2v) is 5.50. The number of piperazine rings is 1. The summed E-state index contributed by atoms with van der Waals surface area (Å²) in [6, 6.07) is 0.861. The van der Waals surface area contributed by atoms with Crippen LogP contribution in [0.4, 0.5) is 0 Å². The molecule has 2 atom stereocenters. The van der Waals surface area contributed by atoms with Gasteiger partial charge in [-0.1, -0.05) is 22.4 Å². The van der Waals surface area contributed by atoms with Crippen LogP contribution >= 0.6 is 15.9 Å². The number of nitrogens with one attached hydrogen (secondary N) is 1. The van der Waals surface area contributed by atoms with E-state index in [2.05, 4.69) is 26.1 Å². The first-order valence-electron chi connectivity index (χ1n) is 5.45. The Morgan fingerprint density at radius 1 is 1.15 bits per heavy atom. The van der Waals surface area contributed by atoms with Crippen molar-refractivity contribution in [2.45, 2.75) is 36.6 Å². The Hall–Kier alpha value is 0.400. The summed E-state index contributed by atoms with van der Waals surface area (Å²) < 4.78 is 0. The van der Waals surface area contributed by atoms with Crippen LogP contribution in [0.5, 0.6) is 0 Å². The van der Waals surface area contributed by atoms with Crippen molar-refractivity contribution >= 4 is 15.9 Å². The van der Waals surface area contributed by atoms with Gasteiger partial charge in [-0.25, -0.2) is 0 Å². The molecule has 2 aliphatic rings. The topological polar surface area (TPSA) is 15.3 Å². The molecule has 1 saturated heterocycles. The Morgan fingerprint density at radius 3 is 2.62 bits per heavy atom. The smallest absolute Gasteiger partial charge is 0.0160 e. The van der Waals surface area contributed by atoms with Crippen LogP contribution in [0, 0.1) is 0 Å². The van der Waals surface area contributed by atoms with Crippen molar-refractivity contribution < 1.29 is 0 Å². The van der Waals surface area contributed by atoms with Crippen molar-refractivity contribution in [3.63, 3.8) is 0 Å². The molecule has 0 aromatic heterocycles. The molecule has 2 unspecified atom stereocenters. The molecule has 1 aliphatic carbocycles. The van der Waals surface area contributed by atoms with Gasteiger partial charge in [0.05, 0.1) is 0 Å². The van der Waals surface area contributed by atoms with Crippen molar-refractivity contribution in [3.05, 3.63) is 0 Å². The average Bonchev–Trinajstić information content (AvgIpc) is 2.19. The zero-order chi connectivity index (χ0) is 9.10. The summed E-state index contributed by atoms with van der Waals surface area (Å²) in [7, 11) is 0. The van der Waals surface area contributed by atoms with Crippen molar-refractivity contribution in [1.82, 2.24) is 10.2 Å². The molecule has 1 N–H and O–H groups in total. The number of halogens is 1. The maximum atomic E-state index is 3.75. The molecule has 2 rings (SSSR count). The molecule has 2 fully saturated rings. The summed E-state index contributed by atoms with van der Waals surface area (Å²) in [5.41, 5.74) is 0. The monoisotopic (exact) mass is 246 g/mol. The van der Waals surface area contributed by atoms with Crippen LogP contribution in [0.15, 0.2) is 0 Å². The van der Waals surface area contributed by atoms with E-state index >= 15 is 0 Å². The lowest BCUT2D eigenvalue weighted by Crippen LogP contribution is -2.49. The fraction of sp³-hybridized carbons (Fsp3) is 1.00. The molecule has 0 aromatic carbocycles. The Kier molecular flexibility index (Phi) is 3.64. The standard InChI is InChI=1S/C10H19BrN2/c11-9-2-1-3-10(8-9)13-6-4-12-5-7-13/h9-10,12H,1-8H2. The van der Waals surface area contributed by atoms with Crippen LogP contribution in [0.3, 0.4) is 0 Å². The Morgan fingerprint density at radius 2 is 1.92 bits per heavy atom. The van der Waals surface area contributed by atoms with Gasteiger partial charge in [0.15, 0.2) is 0 Å². The fourth-order valence-corrected chi connectivity index (χ4v) is 3.24. The van der Waals surface area contributed by atoms with Gasteiger partial charge in [0, 0.05) is 37.0 Å². The minimum atomic E-state index is 0.779. The molecular weight excluding hydrogens is 228 g/mol. The number of alkyl halides is 1. The third kappa shape index (κ3) is 2.67. The summed E-state index contributed by atoms with van der Waals surface area (Å²) in [6.07, 6.45) is 5.56. The number of rotatable bonds is 1. The van der Waals surface area contributed by atoms with E-state index in [9.17, 15) is 0 Å². The summed E-state index contributed by atoms with van der Waals surface area (Å²) in [4.78, 5) is 3.45. The van der Waals surface area contributed by atoms with Gasteiger partial charge in [-0.3, -0.25) is 4.90 Å². The van der Waals surface area contributed by atoms with Gasteiger partial charge in [0.1, 0.15) is 0 Å². The van der Waals surface area contributed by atoms with Crippen molar-refractivity contribution in [3.8, 4) is 0 Å². The SMILES string of the molecule is BrC1CCCC(N2CCNCC2)C1. The maximum Gasteiger partial charge on any atom is 0.0160 e. The lowest BCUT2D eigenvalue weighted by atomic mass is 9.94. The Labute approximate surface area is 89.2 Å². The van der Waals surface area contributed by atoms with E-state index in [4.69, 9.17) is 0 Å². The Bertz CT molecular complexity index is 157. The predicted molar refractivity (Wildman–Crippen MR) is 59.4 cm³/mol. The van der Waals surface area contributed by atoms with Crippen molar-refractivity contribution in [2.75, 3.05) is 26.2 Å². The average molecular weight is 247 g/mol. The first-order chi connectivity index (χ1) is 6.36. The predicted octanol–water partition coefficient (Wildman–Crippen LogP) is 1.60. The molecule has 1 saturated carbocycles. The Balaban J connectivity index is 1.83. The molecule has 1 heterocycles. The van der Waals surface area contributed by atoms with Gasteiger partial charge in [-0.2, -0.15) is 0 Å². The summed E-state index contributed by atoms with van der Waals surface area (Å²) in [6.45, 7) is 4.88. The highest BCUT2D eigenvalue weighted by atomic mass is 79.9. The van der Waals surface area contributed by atoms with Gasteiger partial charge >= 0.3 is 0 Å². The lowest BCUT2D eigenvalue weighted by Gasteiger charge is -2.38. The second kappa shape index (κ2) is 4.76. The quantitative estimate of drug-likeness (QED) is 0.708. The van der Waals surface area contributed by atoms with E-state index in [0.717, 1.165) is 10.9 Å². The van der Waals surface area contributed by atoms with Gasteiger partial charge in [0.2, 0.25) is 0 Å². The van der Waals surface area contributed by atoms with Crippen LogP contribution in [0.2, 0.25) is 0 Å². The van der Waals surface area contributed by atoms with Crippen LogP contribution in [-0.4, -0.2) is 41.9 Å². The highest BCUT2D eigenvalue weighted by molar-refractivity contribution is 9.09. The van der Waals surface area contributed by atoms with E-state index in [1.807, 2.05) is 0 Å². The molecule has 13 heavy (non-hydrogen) atoms. The van der Waals surface area contributed by atoms with Gasteiger partial charge in [0.25, 0.3) is 0 Å². The van der Waals surface area contributed by atoms with E-state index < -0.39 is 0 Å². The van der Waals surface area contributed by atoms with Gasteiger partial charge in [-0.05, 0) is 19.3 Å². The van der Waals surface area contributed by atoms with Gasteiger partial charge in [-0.15, -0.1) is 0 Å². The molecule has 0 amide bonds. The van der Waals surface area contributed by atoms with Crippen LogP contribution < -0.4 is 5.32 Å². The minimum Gasteiger partial charge on any atom is -0.314 e. The molecule has 3 heteroatoms.